The summed E-state index contributed by atoms with van der Waals surface area (Å²) in [5.41, 5.74) is 6.78. The van der Waals surface area contributed by atoms with Gasteiger partial charge in [-0.25, -0.2) is 4.98 Å². The Morgan fingerprint density at radius 2 is 1.43 bits per heavy atom. The molecule has 7 aromatic rings. The van der Waals surface area contributed by atoms with Gasteiger partial charge in [0.05, 0.1) is 23.3 Å². The van der Waals surface area contributed by atoms with Crippen molar-refractivity contribution in [3.8, 4) is 0 Å². The molecule has 4 aromatic heterocycles. The molecule has 0 atom stereocenters. The van der Waals surface area contributed by atoms with E-state index in [9.17, 15) is 0 Å². The number of hydrogen-bond acceptors (Lipinski definition) is 3. The normalized spacial score (nSPS) is 11.7. The second kappa shape index (κ2) is 7.99. The summed E-state index contributed by atoms with van der Waals surface area (Å²) < 4.78 is 2.39. The minimum atomic E-state index is 0.573. The van der Waals surface area contributed by atoms with Crippen LogP contribution in [0, 0.1) is 0 Å². The lowest BCUT2D eigenvalue weighted by atomic mass is 10.1. The molecule has 0 unspecified atom stereocenters. The molecule has 0 aliphatic heterocycles. The highest BCUT2D eigenvalue weighted by molar-refractivity contribution is 6.11. The molecule has 2 N–H and O–H groups in total. The van der Waals surface area contributed by atoms with Crippen LogP contribution in [0.25, 0.3) is 43.6 Å². The maximum atomic E-state index is 4.82. The first-order chi connectivity index (χ1) is 17.4. The quantitative estimate of drug-likeness (QED) is 0.299. The van der Waals surface area contributed by atoms with Gasteiger partial charge in [-0.05, 0) is 29.8 Å². The van der Waals surface area contributed by atoms with Crippen molar-refractivity contribution < 1.29 is 0 Å². The lowest BCUT2D eigenvalue weighted by molar-refractivity contribution is 0.856. The smallest absolute Gasteiger partial charge is 0.150 e. The van der Waals surface area contributed by atoms with E-state index in [0.29, 0.717) is 6.54 Å². The number of nitrogens with zero attached hydrogens (tertiary/aromatic N) is 3. The molecule has 0 fully saturated rings. The lowest BCUT2D eigenvalue weighted by Crippen LogP contribution is -2.07. The summed E-state index contributed by atoms with van der Waals surface area (Å²) in [6.07, 6.45) is 3.78. The van der Waals surface area contributed by atoms with Crippen molar-refractivity contribution in [3.05, 3.63) is 115 Å². The minimum absolute atomic E-state index is 0.573. The molecule has 0 saturated carbocycles. The molecule has 3 aromatic carbocycles. The second-order valence-corrected chi connectivity index (χ2v) is 8.85. The number of hydrogen-bond donors (Lipinski definition) is 2. The van der Waals surface area contributed by atoms with E-state index in [0.717, 1.165) is 34.6 Å². The number of para-hydroxylation sites is 2. The molecular formula is C30H23N5. The third-order valence-corrected chi connectivity index (χ3v) is 6.79. The number of anilines is 1. The van der Waals surface area contributed by atoms with Crippen molar-refractivity contribution in [1.82, 2.24) is 19.5 Å². The van der Waals surface area contributed by atoms with Gasteiger partial charge in [0.25, 0.3) is 0 Å². The minimum Gasteiger partial charge on any atom is -0.363 e. The molecule has 0 amide bonds. The fourth-order valence-corrected chi connectivity index (χ4v) is 5.21. The molecule has 0 aliphatic carbocycles. The Hall–Kier alpha value is -4.64. The lowest BCUT2D eigenvalue weighted by Gasteiger charge is -2.12. The van der Waals surface area contributed by atoms with Gasteiger partial charge in [-0.3, -0.25) is 4.98 Å². The van der Waals surface area contributed by atoms with Crippen molar-refractivity contribution in [3.63, 3.8) is 0 Å². The summed E-state index contributed by atoms with van der Waals surface area (Å²) in [7, 11) is 0. The van der Waals surface area contributed by atoms with E-state index in [-0.39, 0.29) is 0 Å². The summed E-state index contributed by atoms with van der Waals surface area (Å²) in [5.74, 6) is 0.836. The molecular weight excluding hydrogens is 430 g/mol. The molecule has 5 nitrogen and oxygen atoms in total. The van der Waals surface area contributed by atoms with Gasteiger partial charge in [0.15, 0.2) is 5.82 Å². The van der Waals surface area contributed by atoms with E-state index < -0.39 is 0 Å². The standard InChI is InChI=1S/C30H23N5/c1-2-8-20(9-3-1)19-35-27-13-7-5-11-22(27)24-15-16-31-26(29(24)35)18-33-30-28-23(14-17-32-30)21-10-4-6-12-25(21)34-28/h1-17,34H,18-19H2,(H,32,33). The summed E-state index contributed by atoms with van der Waals surface area (Å²) in [6, 6.07) is 31.8. The van der Waals surface area contributed by atoms with E-state index in [1.54, 1.807) is 0 Å². The zero-order chi connectivity index (χ0) is 23.2. The predicted octanol–water partition coefficient (Wildman–Crippen LogP) is 6.88. The number of pyridine rings is 2. The predicted molar refractivity (Wildman–Crippen MR) is 144 cm³/mol. The number of rotatable bonds is 5. The number of aromatic amines is 1. The number of fused-ring (bicyclic) bond motifs is 6. The average Bonchev–Trinajstić information content (AvgIpc) is 3.45. The molecule has 0 spiro atoms. The maximum absolute atomic E-state index is 4.82. The van der Waals surface area contributed by atoms with Gasteiger partial charge in [-0.1, -0.05) is 66.7 Å². The first-order valence-electron chi connectivity index (χ1n) is 11.8. The highest BCUT2D eigenvalue weighted by Gasteiger charge is 2.16. The van der Waals surface area contributed by atoms with Gasteiger partial charge in [0, 0.05) is 51.5 Å². The third kappa shape index (κ3) is 3.24. The van der Waals surface area contributed by atoms with Crippen LogP contribution in [-0.2, 0) is 13.1 Å². The summed E-state index contributed by atoms with van der Waals surface area (Å²) >= 11 is 0. The van der Waals surface area contributed by atoms with Crippen molar-refractivity contribution in [2.45, 2.75) is 13.1 Å². The Labute approximate surface area is 202 Å². The highest BCUT2D eigenvalue weighted by Crippen LogP contribution is 2.32. The van der Waals surface area contributed by atoms with Crippen molar-refractivity contribution in [2.75, 3.05) is 5.32 Å². The first-order valence-corrected chi connectivity index (χ1v) is 11.8. The second-order valence-electron chi connectivity index (χ2n) is 8.85. The summed E-state index contributed by atoms with van der Waals surface area (Å²) in [5, 5.41) is 8.42. The SMILES string of the molecule is c1ccc(Cn2c3ccccc3c3ccnc(CNc4nccc5c4[nH]c4ccccc45)c32)cc1. The van der Waals surface area contributed by atoms with Gasteiger partial charge in [-0.2, -0.15) is 0 Å². The van der Waals surface area contributed by atoms with Crippen molar-refractivity contribution in [1.29, 1.82) is 0 Å². The highest BCUT2D eigenvalue weighted by atomic mass is 15.0. The molecule has 0 bridgehead atoms. The third-order valence-electron chi connectivity index (χ3n) is 6.79. The van der Waals surface area contributed by atoms with E-state index in [1.807, 2.05) is 12.4 Å². The molecule has 0 saturated heterocycles. The van der Waals surface area contributed by atoms with E-state index >= 15 is 0 Å². The van der Waals surface area contributed by atoms with Crippen LogP contribution >= 0.6 is 0 Å². The fourth-order valence-electron chi connectivity index (χ4n) is 5.21. The van der Waals surface area contributed by atoms with E-state index in [2.05, 4.69) is 111 Å². The van der Waals surface area contributed by atoms with Crippen LogP contribution < -0.4 is 5.32 Å². The fraction of sp³-hybridized carbons (Fsp3) is 0.0667. The average molecular weight is 454 g/mol. The molecule has 35 heavy (non-hydrogen) atoms. The van der Waals surface area contributed by atoms with Gasteiger partial charge in [-0.15, -0.1) is 0 Å². The van der Waals surface area contributed by atoms with Crippen LogP contribution in [0.5, 0.6) is 0 Å². The molecule has 7 rings (SSSR count). The van der Waals surface area contributed by atoms with Gasteiger partial charge in [0.2, 0.25) is 0 Å². The first kappa shape index (κ1) is 19.8. The molecule has 168 valence electrons. The van der Waals surface area contributed by atoms with E-state index in [4.69, 9.17) is 4.98 Å². The summed E-state index contributed by atoms with van der Waals surface area (Å²) in [6.45, 7) is 1.36. The van der Waals surface area contributed by atoms with Crippen LogP contribution in [-0.4, -0.2) is 19.5 Å². The van der Waals surface area contributed by atoms with Gasteiger partial charge in [0.1, 0.15) is 0 Å². The van der Waals surface area contributed by atoms with Crippen LogP contribution in [0.3, 0.4) is 0 Å². The summed E-state index contributed by atoms with van der Waals surface area (Å²) in [4.78, 5) is 13.0. The number of nitrogens with one attached hydrogen (secondary N) is 2. The van der Waals surface area contributed by atoms with Gasteiger partial charge < -0.3 is 14.9 Å². The Bertz CT molecular complexity index is 1830. The van der Waals surface area contributed by atoms with Crippen molar-refractivity contribution >= 4 is 49.4 Å². The number of benzene rings is 3. The Morgan fingerprint density at radius 1 is 0.686 bits per heavy atom. The number of H-pyrrole nitrogens is 1. The Balaban J connectivity index is 1.34. The van der Waals surface area contributed by atoms with Crippen LogP contribution in [0.1, 0.15) is 11.3 Å². The molecule has 5 heteroatoms. The largest absolute Gasteiger partial charge is 0.363 e. The maximum Gasteiger partial charge on any atom is 0.150 e. The molecule has 0 radical (unpaired) electrons. The zero-order valence-corrected chi connectivity index (χ0v) is 19.1. The molecule has 4 heterocycles. The molecule has 0 aliphatic rings. The van der Waals surface area contributed by atoms with Crippen LogP contribution in [0.4, 0.5) is 5.82 Å². The van der Waals surface area contributed by atoms with Gasteiger partial charge >= 0.3 is 0 Å². The van der Waals surface area contributed by atoms with Crippen molar-refractivity contribution in [2.24, 2.45) is 0 Å². The van der Waals surface area contributed by atoms with E-state index in [1.165, 1.54) is 32.6 Å². The number of aromatic nitrogens is 4. The monoisotopic (exact) mass is 453 g/mol. The Kier molecular flexibility index (Phi) is 4.52. The topological polar surface area (TPSA) is 58.5 Å². The Morgan fingerprint density at radius 3 is 2.34 bits per heavy atom. The van der Waals surface area contributed by atoms with Crippen LogP contribution in [0.15, 0.2) is 103 Å². The zero-order valence-electron chi connectivity index (χ0n) is 19.1. The van der Waals surface area contributed by atoms with Crippen LogP contribution in [0.2, 0.25) is 0 Å².